The number of likely N-dealkylation sites (tertiary alicyclic amines) is 1. The van der Waals surface area contributed by atoms with Crippen LogP contribution in [0.4, 0.5) is 0 Å². The van der Waals surface area contributed by atoms with E-state index < -0.39 is 17.1 Å². The molecule has 0 amide bonds. The molecule has 2 aliphatic carbocycles. The molecule has 1 fully saturated rings. The average Bonchev–Trinajstić information content (AvgIpc) is 3.34. The highest BCUT2D eigenvalue weighted by molar-refractivity contribution is 5.72. The summed E-state index contributed by atoms with van der Waals surface area (Å²) in [5.74, 6) is 1.75. The summed E-state index contributed by atoms with van der Waals surface area (Å²) in [4.78, 5) is 15.3. The van der Waals surface area contributed by atoms with Gasteiger partial charge in [0.15, 0.2) is 17.6 Å². The molecule has 4 aliphatic rings. The molecular weight excluding hydrogens is 526 g/mol. The summed E-state index contributed by atoms with van der Waals surface area (Å²) in [6.07, 6.45) is 24.5. The Morgan fingerprint density at radius 1 is 1.05 bits per heavy atom. The summed E-state index contributed by atoms with van der Waals surface area (Å²) in [5, 5.41) is 12.3. The van der Waals surface area contributed by atoms with Gasteiger partial charge in [-0.3, -0.25) is 4.79 Å². The predicted octanol–water partition coefficient (Wildman–Crippen LogP) is 7.55. The molecule has 6 heteroatoms. The van der Waals surface area contributed by atoms with Crippen LogP contribution >= 0.6 is 0 Å². The van der Waals surface area contributed by atoms with Crippen molar-refractivity contribution in [1.82, 2.24) is 4.90 Å². The molecule has 1 aromatic rings. The maximum Gasteiger partial charge on any atom is 0.310 e. The number of nitrogens with zero attached hydrogens (tertiary/aromatic N) is 1. The minimum Gasteiger partial charge on any atom is -0.493 e. The molecule has 232 valence electrons. The van der Waals surface area contributed by atoms with E-state index in [1.165, 1.54) is 63.4 Å². The van der Waals surface area contributed by atoms with Gasteiger partial charge < -0.3 is 24.2 Å². The first-order valence-electron chi connectivity index (χ1n) is 16.8. The van der Waals surface area contributed by atoms with Crippen molar-refractivity contribution in [3.8, 4) is 11.5 Å². The minimum absolute atomic E-state index is 0.00601. The molecule has 4 atom stereocenters. The standard InChI is InChI=1S/C36H53NO5/c1-4-5-6-7-8-9-10-11-12-13-14-15-16-17-18-19-31(38)41-29-22-23-36(39)30-26-27-20-21-28(40-3)33-32(27)35(36,34(29)42-33)24-25-37(30)2/h11-12,20-22,30,34,39H,4-10,13-19,23-26H2,1-3H3/b12-11-/t30-,34+,35+,36-/m0/s1. The number of benzene rings is 1. The van der Waals surface area contributed by atoms with Gasteiger partial charge in [0.2, 0.25) is 0 Å². The zero-order valence-electron chi connectivity index (χ0n) is 26.3. The Hall–Kier alpha value is -2.31. The van der Waals surface area contributed by atoms with Gasteiger partial charge in [-0.05, 0) is 76.2 Å². The quantitative estimate of drug-likeness (QED) is 0.117. The third-order valence-electron chi connectivity index (χ3n) is 10.4. The van der Waals surface area contributed by atoms with E-state index in [9.17, 15) is 9.90 Å². The lowest BCUT2D eigenvalue weighted by Crippen LogP contribution is -2.74. The van der Waals surface area contributed by atoms with E-state index in [4.69, 9.17) is 14.2 Å². The SMILES string of the molecule is CCCCCCCC/C=C\CCCCCCCC(=O)OC1=CC[C@]2(O)[C@@H]3Cc4ccc(OC)c5c4[C@]2(CCN3C)[C@@H]1O5. The van der Waals surface area contributed by atoms with Crippen LogP contribution in [0, 0.1) is 0 Å². The smallest absolute Gasteiger partial charge is 0.310 e. The van der Waals surface area contributed by atoms with Crippen molar-refractivity contribution in [2.75, 3.05) is 20.7 Å². The van der Waals surface area contributed by atoms with Gasteiger partial charge in [0.1, 0.15) is 5.76 Å². The van der Waals surface area contributed by atoms with Crippen molar-refractivity contribution in [3.05, 3.63) is 47.2 Å². The van der Waals surface area contributed by atoms with Crippen LogP contribution < -0.4 is 9.47 Å². The molecule has 0 saturated carbocycles. The Morgan fingerprint density at radius 3 is 2.45 bits per heavy atom. The van der Waals surface area contributed by atoms with Gasteiger partial charge in [-0.25, -0.2) is 0 Å². The van der Waals surface area contributed by atoms with E-state index in [0.29, 0.717) is 30.1 Å². The van der Waals surface area contributed by atoms with Crippen molar-refractivity contribution < 1.29 is 24.1 Å². The fraction of sp³-hybridized carbons (Fsp3) is 0.694. The molecule has 5 rings (SSSR count). The van der Waals surface area contributed by atoms with E-state index >= 15 is 0 Å². The highest BCUT2D eigenvalue weighted by atomic mass is 16.6. The maximum absolute atomic E-state index is 13.0. The number of esters is 1. The highest BCUT2D eigenvalue weighted by Crippen LogP contribution is 2.65. The molecule has 1 saturated heterocycles. The zero-order valence-corrected chi connectivity index (χ0v) is 26.3. The molecule has 0 unspecified atom stereocenters. The van der Waals surface area contributed by atoms with Gasteiger partial charge in [-0.2, -0.15) is 0 Å². The highest BCUT2D eigenvalue weighted by Gasteiger charge is 2.72. The fourth-order valence-electron chi connectivity index (χ4n) is 8.11. The summed E-state index contributed by atoms with van der Waals surface area (Å²) in [7, 11) is 3.75. The first-order valence-corrected chi connectivity index (χ1v) is 16.8. The summed E-state index contributed by atoms with van der Waals surface area (Å²) >= 11 is 0. The Labute approximate surface area is 253 Å². The van der Waals surface area contributed by atoms with E-state index in [1.54, 1.807) is 7.11 Å². The average molecular weight is 580 g/mol. The number of ether oxygens (including phenoxy) is 3. The Kier molecular flexibility index (Phi) is 10.4. The molecule has 1 aromatic carbocycles. The summed E-state index contributed by atoms with van der Waals surface area (Å²) in [5.41, 5.74) is 0.664. The molecule has 42 heavy (non-hydrogen) atoms. The van der Waals surface area contributed by atoms with Gasteiger partial charge >= 0.3 is 5.97 Å². The van der Waals surface area contributed by atoms with Crippen molar-refractivity contribution in [1.29, 1.82) is 0 Å². The summed E-state index contributed by atoms with van der Waals surface area (Å²) < 4.78 is 18.3. The lowest BCUT2D eigenvalue weighted by Gasteiger charge is -2.61. The topological polar surface area (TPSA) is 68.2 Å². The van der Waals surface area contributed by atoms with Crippen LogP contribution in [0.3, 0.4) is 0 Å². The number of likely N-dealkylation sites (N-methyl/N-ethyl adjacent to an activating group) is 1. The molecule has 6 nitrogen and oxygen atoms in total. The van der Waals surface area contributed by atoms with Crippen molar-refractivity contribution in [3.63, 3.8) is 0 Å². The lowest BCUT2D eigenvalue weighted by atomic mass is 9.50. The maximum atomic E-state index is 13.0. The molecule has 2 aliphatic heterocycles. The minimum atomic E-state index is -0.978. The van der Waals surface area contributed by atoms with Crippen LogP contribution in [0.5, 0.6) is 11.5 Å². The zero-order chi connectivity index (χ0) is 29.6. The molecular formula is C36H53NO5. The number of hydrogen-bond donors (Lipinski definition) is 1. The lowest BCUT2D eigenvalue weighted by molar-refractivity contribution is -0.169. The number of piperidine rings is 1. The van der Waals surface area contributed by atoms with E-state index in [2.05, 4.69) is 37.1 Å². The molecule has 0 radical (unpaired) electrons. The summed E-state index contributed by atoms with van der Waals surface area (Å²) in [6, 6.07) is 4.08. The Balaban J connectivity index is 1.07. The predicted molar refractivity (Wildman–Crippen MR) is 167 cm³/mol. The first-order chi connectivity index (χ1) is 20.5. The monoisotopic (exact) mass is 579 g/mol. The largest absolute Gasteiger partial charge is 0.493 e. The first kappa shape index (κ1) is 31.1. The second kappa shape index (κ2) is 14.0. The number of methoxy groups -OCH3 is 1. The number of allylic oxidation sites excluding steroid dienone is 2. The van der Waals surface area contributed by atoms with E-state index in [-0.39, 0.29) is 12.0 Å². The molecule has 2 bridgehead atoms. The fourth-order valence-corrected chi connectivity index (χ4v) is 8.11. The summed E-state index contributed by atoms with van der Waals surface area (Å²) in [6.45, 7) is 3.13. The van der Waals surface area contributed by atoms with Crippen molar-refractivity contribution in [2.24, 2.45) is 0 Å². The van der Waals surface area contributed by atoms with Crippen LogP contribution in [0.25, 0.3) is 0 Å². The number of carbonyl (C=O) groups excluding carboxylic acids is 1. The molecule has 2 heterocycles. The van der Waals surface area contributed by atoms with Gasteiger partial charge in [-0.15, -0.1) is 0 Å². The Bertz CT molecular complexity index is 1140. The van der Waals surface area contributed by atoms with Gasteiger partial charge in [-0.1, -0.05) is 76.5 Å². The van der Waals surface area contributed by atoms with Crippen LogP contribution in [-0.4, -0.2) is 54.4 Å². The van der Waals surface area contributed by atoms with E-state index in [0.717, 1.165) is 50.6 Å². The van der Waals surface area contributed by atoms with Crippen LogP contribution in [0.1, 0.15) is 121 Å². The molecule has 1 spiro atoms. The second-order valence-electron chi connectivity index (χ2n) is 13.1. The third kappa shape index (κ3) is 5.91. The Morgan fingerprint density at radius 2 is 1.74 bits per heavy atom. The van der Waals surface area contributed by atoms with Crippen molar-refractivity contribution >= 4 is 5.97 Å². The van der Waals surface area contributed by atoms with Crippen molar-refractivity contribution in [2.45, 2.75) is 139 Å². The van der Waals surface area contributed by atoms with Crippen LogP contribution in [0.2, 0.25) is 0 Å². The number of rotatable bonds is 17. The number of carbonyl (C=O) groups is 1. The third-order valence-corrected chi connectivity index (χ3v) is 10.4. The van der Waals surface area contributed by atoms with Crippen LogP contribution in [0.15, 0.2) is 36.1 Å². The number of aliphatic hydroxyl groups is 1. The molecule has 1 N–H and O–H groups in total. The molecule has 0 aromatic heterocycles. The van der Waals surface area contributed by atoms with Gasteiger partial charge in [0.25, 0.3) is 0 Å². The van der Waals surface area contributed by atoms with E-state index in [1.807, 2.05) is 12.1 Å². The normalized spacial score (nSPS) is 27.5. The van der Waals surface area contributed by atoms with Gasteiger partial charge in [0.05, 0.1) is 18.1 Å². The van der Waals surface area contributed by atoms with Crippen LogP contribution in [-0.2, 0) is 21.4 Å². The number of unbranched alkanes of at least 4 members (excludes halogenated alkanes) is 11. The second-order valence-corrected chi connectivity index (χ2v) is 13.1. The van der Waals surface area contributed by atoms with Gasteiger partial charge in [0, 0.05) is 24.4 Å². The number of hydrogen-bond acceptors (Lipinski definition) is 6.